The largest absolute Gasteiger partial charge is 0.0876 e. The lowest BCUT2D eigenvalue weighted by molar-refractivity contribution is 1.41. The summed E-state index contributed by atoms with van der Waals surface area (Å²) >= 11 is 3.48. The van der Waals surface area contributed by atoms with E-state index < -0.39 is 0 Å². The molecule has 0 saturated heterocycles. The predicted octanol–water partition coefficient (Wildman–Crippen LogP) is 4.56. The monoisotopic (exact) mass is 260 g/mol. The van der Waals surface area contributed by atoms with Gasteiger partial charge in [0.1, 0.15) is 0 Å². The molecule has 0 radical (unpaired) electrons. The highest BCUT2D eigenvalue weighted by Crippen LogP contribution is 2.24. The van der Waals surface area contributed by atoms with E-state index in [1.54, 1.807) is 0 Å². The van der Waals surface area contributed by atoms with Crippen molar-refractivity contribution in [3.05, 3.63) is 59.7 Å². The Morgan fingerprint density at radius 2 is 1.80 bits per heavy atom. The van der Waals surface area contributed by atoms with E-state index in [-0.39, 0.29) is 0 Å². The van der Waals surface area contributed by atoms with Crippen LogP contribution in [0.3, 0.4) is 0 Å². The highest BCUT2D eigenvalue weighted by atomic mass is 79.9. The van der Waals surface area contributed by atoms with Crippen LogP contribution in [0.25, 0.3) is 11.1 Å². The molecule has 2 rings (SSSR count). The number of rotatable bonds is 2. The fourth-order valence-corrected chi connectivity index (χ4v) is 2.07. The second-order valence-electron chi connectivity index (χ2n) is 3.65. The molecule has 15 heavy (non-hydrogen) atoms. The van der Waals surface area contributed by atoms with E-state index >= 15 is 0 Å². The Balaban J connectivity index is 2.49. The Morgan fingerprint density at radius 3 is 2.53 bits per heavy atom. The minimum absolute atomic E-state index is 0.909. The quantitative estimate of drug-likeness (QED) is 0.695. The van der Waals surface area contributed by atoms with E-state index in [2.05, 4.69) is 71.4 Å². The van der Waals surface area contributed by atoms with Crippen LogP contribution in [0, 0.1) is 6.92 Å². The molecule has 1 heteroatoms. The van der Waals surface area contributed by atoms with Crippen LogP contribution in [0.2, 0.25) is 0 Å². The molecule has 0 aliphatic rings. The Hall–Kier alpha value is -1.08. The average molecular weight is 261 g/mol. The van der Waals surface area contributed by atoms with Crippen molar-refractivity contribution in [2.45, 2.75) is 12.3 Å². The highest BCUT2D eigenvalue weighted by molar-refractivity contribution is 9.08. The van der Waals surface area contributed by atoms with Crippen LogP contribution >= 0.6 is 15.9 Å². The van der Waals surface area contributed by atoms with Crippen LogP contribution in [-0.4, -0.2) is 0 Å². The molecule has 0 N–H and O–H groups in total. The SMILES string of the molecule is Cc1ccccc1-c1cccc(CBr)c1. The predicted molar refractivity (Wildman–Crippen MR) is 69.2 cm³/mol. The summed E-state index contributed by atoms with van der Waals surface area (Å²) in [6.07, 6.45) is 0. The van der Waals surface area contributed by atoms with Crippen LogP contribution in [0.4, 0.5) is 0 Å². The van der Waals surface area contributed by atoms with E-state index in [0.29, 0.717) is 0 Å². The number of halogens is 1. The molecule has 0 bridgehead atoms. The summed E-state index contributed by atoms with van der Waals surface area (Å²) in [6, 6.07) is 17.1. The van der Waals surface area contributed by atoms with Crippen LogP contribution in [-0.2, 0) is 5.33 Å². The topological polar surface area (TPSA) is 0 Å². The average Bonchev–Trinajstić information content (AvgIpc) is 2.30. The molecule has 0 spiro atoms. The van der Waals surface area contributed by atoms with Crippen molar-refractivity contribution in [2.24, 2.45) is 0 Å². The van der Waals surface area contributed by atoms with Gasteiger partial charge in [0.25, 0.3) is 0 Å². The zero-order valence-electron chi connectivity index (χ0n) is 8.70. The fraction of sp³-hybridized carbons (Fsp3) is 0.143. The van der Waals surface area contributed by atoms with E-state index in [1.165, 1.54) is 22.3 Å². The molecule has 0 aliphatic carbocycles. The van der Waals surface area contributed by atoms with Crippen molar-refractivity contribution in [1.82, 2.24) is 0 Å². The van der Waals surface area contributed by atoms with Crippen LogP contribution in [0.1, 0.15) is 11.1 Å². The van der Waals surface area contributed by atoms with Gasteiger partial charge in [0, 0.05) is 5.33 Å². The second-order valence-corrected chi connectivity index (χ2v) is 4.21. The van der Waals surface area contributed by atoms with Gasteiger partial charge >= 0.3 is 0 Å². The summed E-state index contributed by atoms with van der Waals surface area (Å²) in [7, 11) is 0. The summed E-state index contributed by atoms with van der Waals surface area (Å²) in [5, 5.41) is 0.909. The van der Waals surface area contributed by atoms with Gasteiger partial charge in [-0.1, -0.05) is 64.5 Å². The van der Waals surface area contributed by atoms with Crippen molar-refractivity contribution in [1.29, 1.82) is 0 Å². The molecule has 0 aliphatic heterocycles. The van der Waals surface area contributed by atoms with E-state index in [4.69, 9.17) is 0 Å². The molecule has 2 aromatic carbocycles. The number of hydrogen-bond donors (Lipinski definition) is 0. The molecule has 0 atom stereocenters. The van der Waals surface area contributed by atoms with Crippen molar-refractivity contribution in [3.8, 4) is 11.1 Å². The molecule has 0 fully saturated rings. The molecular formula is C14H13Br. The Bertz CT molecular complexity index is 460. The van der Waals surface area contributed by atoms with Gasteiger partial charge in [-0.15, -0.1) is 0 Å². The minimum atomic E-state index is 0.909. The highest BCUT2D eigenvalue weighted by Gasteiger charge is 2.00. The molecule has 0 nitrogen and oxygen atoms in total. The van der Waals surface area contributed by atoms with Gasteiger partial charge in [0.15, 0.2) is 0 Å². The smallest absolute Gasteiger partial charge is 0.0283 e. The van der Waals surface area contributed by atoms with Crippen molar-refractivity contribution in [2.75, 3.05) is 0 Å². The molecule has 0 aromatic heterocycles. The molecule has 0 saturated carbocycles. The van der Waals surface area contributed by atoms with Crippen LogP contribution < -0.4 is 0 Å². The lowest BCUT2D eigenvalue weighted by atomic mass is 9.99. The van der Waals surface area contributed by atoms with Gasteiger partial charge in [-0.3, -0.25) is 0 Å². The number of hydrogen-bond acceptors (Lipinski definition) is 0. The number of aryl methyl sites for hydroxylation is 1. The lowest BCUT2D eigenvalue weighted by Gasteiger charge is -2.06. The summed E-state index contributed by atoms with van der Waals surface area (Å²) in [4.78, 5) is 0. The van der Waals surface area contributed by atoms with Crippen molar-refractivity contribution in [3.63, 3.8) is 0 Å². The molecule has 76 valence electrons. The third-order valence-electron chi connectivity index (χ3n) is 2.54. The third kappa shape index (κ3) is 2.29. The summed E-state index contributed by atoms with van der Waals surface area (Å²) in [6.45, 7) is 2.15. The third-order valence-corrected chi connectivity index (χ3v) is 3.18. The maximum atomic E-state index is 3.48. The van der Waals surface area contributed by atoms with E-state index in [0.717, 1.165) is 5.33 Å². The van der Waals surface area contributed by atoms with Gasteiger partial charge in [0.05, 0.1) is 0 Å². The Kier molecular flexibility index (Phi) is 3.22. The van der Waals surface area contributed by atoms with E-state index in [9.17, 15) is 0 Å². The molecule has 0 heterocycles. The van der Waals surface area contributed by atoms with Crippen LogP contribution in [0.15, 0.2) is 48.5 Å². The summed E-state index contributed by atoms with van der Waals surface area (Å²) < 4.78 is 0. The molecule has 0 unspecified atom stereocenters. The standard InChI is InChI=1S/C14H13Br/c1-11-5-2-3-8-14(11)13-7-4-6-12(9-13)10-15/h2-9H,10H2,1H3. The van der Waals surface area contributed by atoms with Gasteiger partial charge < -0.3 is 0 Å². The Labute approximate surface area is 99.1 Å². The fourth-order valence-electron chi connectivity index (χ4n) is 1.72. The maximum absolute atomic E-state index is 3.48. The normalized spacial score (nSPS) is 10.3. The number of benzene rings is 2. The summed E-state index contributed by atoms with van der Waals surface area (Å²) in [5.41, 5.74) is 5.25. The first-order valence-corrected chi connectivity index (χ1v) is 6.14. The summed E-state index contributed by atoms with van der Waals surface area (Å²) in [5.74, 6) is 0. The Morgan fingerprint density at radius 1 is 1.00 bits per heavy atom. The van der Waals surface area contributed by atoms with Gasteiger partial charge in [-0.25, -0.2) is 0 Å². The molecule has 0 amide bonds. The van der Waals surface area contributed by atoms with Crippen LogP contribution in [0.5, 0.6) is 0 Å². The van der Waals surface area contributed by atoms with E-state index in [1.807, 2.05) is 0 Å². The zero-order chi connectivity index (χ0) is 10.7. The second kappa shape index (κ2) is 4.63. The first-order valence-electron chi connectivity index (χ1n) is 5.02. The molecular weight excluding hydrogens is 248 g/mol. The molecule has 2 aromatic rings. The van der Waals surface area contributed by atoms with Gasteiger partial charge in [-0.05, 0) is 29.2 Å². The maximum Gasteiger partial charge on any atom is 0.0283 e. The van der Waals surface area contributed by atoms with Gasteiger partial charge in [0.2, 0.25) is 0 Å². The van der Waals surface area contributed by atoms with Gasteiger partial charge in [-0.2, -0.15) is 0 Å². The zero-order valence-corrected chi connectivity index (χ0v) is 10.3. The first kappa shape index (κ1) is 10.4. The van der Waals surface area contributed by atoms with Crippen molar-refractivity contribution < 1.29 is 0 Å². The lowest BCUT2D eigenvalue weighted by Crippen LogP contribution is -1.84. The van der Waals surface area contributed by atoms with Crippen molar-refractivity contribution >= 4 is 15.9 Å². The number of alkyl halides is 1. The minimum Gasteiger partial charge on any atom is -0.0876 e. The first-order chi connectivity index (χ1) is 7.31.